The zero-order valence-electron chi connectivity index (χ0n) is 18.9. The Balaban J connectivity index is 1.76. The molecule has 0 atom stereocenters. The van der Waals surface area contributed by atoms with Crippen molar-refractivity contribution in [1.82, 2.24) is 0 Å². The summed E-state index contributed by atoms with van der Waals surface area (Å²) in [6.07, 6.45) is 0.666. The lowest BCUT2D eigenvalue weighted by Crippen LogP contribution is -2.33. The van der Waals surface area contributed by atoms with Gasteiger partial charge in [-0.1, -0.05) is 67.2 Å². The Morgan fingerprint density at radius 1 is 0.912 bits per heavy atom. The summed E-state index contributed by atoms with van der Waals surface area (Å²) < 4.78 is 5.29. The summed E-state index contributed by atoms with van der Waals surface area (Å²) >= 11 is 1.21. The number of para-hydroxylation sites is 2. The molecule has 1 aliphatic heterocycles. The van der Waals surface area contributed by atoms with Crippen LogP contribution in [0, 0.1) is 6.92 Å². The molecule has 1 heterocycles. The van der Waals surface area contributed by atoms with Crippen LogP contribution in [0.3, 0.4) is 0 Å². The Morgan fingerprint density at radius 3 is 2.32 bits per heavy atom. The molecule has 0 saturated carbocycles. The molecule has 0 fully saturated rings. The number of nitrogens with zero attached hydrogens (tertiary/aromatic N) is 1. The molecular formula is C27H24N2O4S. The topological polar surface area (TPSA) is 75.7 Å². The number of aryl methyl sites for hydroxylation is 1. The fourth-order valence-electron chi connectivity index (χ4n) is 3.50. The molecule has 0 spiro atoms. The maximum Gasteiger partial charge on any atom is 0.340 e. The highest BCUT2D eigenvalue weighted by atomic mass is 32.2. The molecule has 0 unspecified atom stereocenters. The number of thioether (sulfide) groups is 1. The minimum absolute atomic E-state index is 0.166. The van der Waals surface area contributed by atoms with Gasteiger partial charge in [0.05, 0.1) is 17.9 Å². The predicted octanol–water partition coefficient (Wildman–Crippen LogP) is 5.55. The lowest BCUT2D eigenvalue weighted by Gasteiger charge is -2.18. The molecular weight excluding hydrogens is 448 g/mol. The van der Waals surface area contributed by atoms with Gasteiger partial charge in [0.2, 0.25) is 0 Å². The van der Waals surface area contributed by atoms with Crippen molar-refractivity contribution in [2.24, 2.45) is 0 Å². The van der Waals surface area contributed by atoms with Gasteiger partial charge in [-0.25, -0.2) is 9.69 Å². The summed E-state index contributed by atoms with van der Waals surface area (Å²) in [5.41, 5.74) is 2.19. The number of ether oxygens (including phenoxy) is 1. The summed E-state index contributed by atoms with van der Waals surface area (Å²) in [4.78, 5) is 42.1. The fraction of sp³-hybridized carbons (Fsp3) is 0.148. The maximum absolute atomic E-state index is 13.6. The monoisotopic (exact) mass is 472 g/mol. The second-order valence-electron chi connectivity index (χ2n) is 7.66. The van der Waals surface area contributed by atoms with Gasteiger partial charge in [0, 0.05) is 10.6 Å². The minimum Gasteiger partial charge on any atom is -0.462 e. The first-order chi connectivity index (χ1) is 16.5. The predicted molar refractivity (Wildman–Crippen MR) is 134 cm³/mol. The maximum atomic E-state index is 13.6. The number of nitrogens with one attached hydrogen (secondary N) is 1. The zero-order valence-corrected chi connectivity index (χ0v) is 19.7. The van der Waals surface area contributed by atoms with E-state index in [0.29, 0.717) is 6.42 Å². The van der Waals surface area contributed by atoms with Crippen LogP contribution in [0.2, 0.25) is 0 Å². The number of esters is 1. The average molecular weight is 473 g/mol. The second-order valence-corrected chi connectivity index (χ2v) is 8.74. The van der Waals surface area contributed by atoms with E-state index < -0.39 is 17.8 Å². The fourth-order valence-corrected chi connectivity index (χ4v) is 4.45. The van der Waals surface area contributed by atoms with E-state index in [2.05, 4.69) is 5.32 Å². The second kappa shape index (κ2) is 10.4. The van der Waals surface area contributed by atoms with Crippen molar-refractivity contribution in [3.05, 3.63) is 101 Å². The standard InChI is InChI=1S/C27H24N2O4S/c1-3-17-33-27(32)20-14-8-10-16-22(20)29-25(30)23(28-21-15-9-7-11-18(21)2)24(26(29)31)34-19-12-5-4-6-13-19/h4-16,28H,3,17H2,1-2H3. The Hall–Kier alpha value is -3.84. The number of hydrogen-bond donors (Lipinski definition) is 1. The third kappa shape index (κ3) is 4.75. The molecule has 3 aromatic carbocycles. The van der Waals surface area contributed by atoms with Crippen LogP contribution in [0.5, 0.6) is 0 Å². The molecule has 0 bridgehead atoms. The van der Waals surface area contributed by atoms with Gasteiger partial charge in [-0.05, 0) is 49.2 Å². The number of anilines is 2. The van der Waals surface area contributed by atoms with Crippen LogP contribution in [-0.4, -0.2) is 24.4 Å². The van der Waals surface area contributed by atoms with Crippen LogP contribution < -0.4 is 10.2 Å². The summed E-state index contributed by atoms with van der Waals surface area (Å²) in [6.45, 7) is 4.07. The van der Waals surface area contributed by atoms with Crippen LogP contribution in [0.15, 0.2) is 94.4 Å². The lowest BCUT2D eigenvalue weighted by molar-refractivity contribution is -0.120. The largest absolute Gasteiger partial charge is 0.462 e. The first kappa shape index (κ1) is 23.3. The number of hydrogen-bond acceptors (Lipinski definition) is 6. The van der Waals surface area contributed by atoms with Crippen molar-refractivity contribution in [2.45, 2.75) is 25.2 Å². The number of carbonyl (C=O) groups is 3. The molecule has 7 heteroatoms. The van der Waals surface area contributed by atoms with E-state index in [0.717, 1.165) is 21.0 Å². The number of carbonyl (C=O) groups excluding carboxylic acids is 3. The van der Waals surface area contributed by atoms with Crippen LogP contribution in [0.1, 0.15) is 29.3 Å². The molecule has 0 radical (unpaired) electrons. The molecule has 34 heavy (non-hydrogen) atoms. The first-order valence-corrected chi connectivity index (χ1v) is 11.8. The third-order valence-corrected chi connectivity index (χ3v) is 6.30. The van der Waals surface area contributed by atoms with Gasteiger partial charge in [0.1, 0.15) is 10.6 Å². The summed E-state index contributed by atoms with van der Waals surface area (Å²) in [5.74, 6) is -1.59. The van der Waals surface area contributed by atoms with Gasteiger partial charge < -0.3 is 10.1 Å². The quantitative estimate of drug-likeness (QED) is 0.342. The van der Waals surface area contributed by atoms with E-state index in [1.54, 1.807) is 24.3 Å². The molecule has 2 amide bonds. The van der Waals surface area contributed by atoms with Crippen molar-refractivity contribution in [3.63, 3.8) is 0 Å². The smallest absolute Gasteiger partial charge is 0.340 e. The van der Waals surface area contributed by atoms with E-state index in [-0.39, 0.29) is 28.5 Å². The molecule has 3 aromatic rings. The highest BCUT2D eigenvalue weighted by Gasteiger charge is 2.41. The molecule has 6 nitrogen and oxygen atoms in total. The van der Waals surface area contributed by atoms with Crippen molar-refractivity contribution in [1.29, 1.82) is 0 Å². The van der Waals surface area contributed by atoms with Crippen LogP contribution in [-0.2, 0) is 14.3 Å². The van der Waals surface area contributed by atoms with Crippen molar-refractivity contribution in [2.75, 3.05) is 16.8 Å². The number of rotatable bonds is 8. The van der Waals surface area contributed by atoms with Gasteiger partial charge in [-0.3, -0.25) is 9.59 Å². The molecule has 0 aliphatic carbocycles. The number of imide groups is 1. The number of amides is 2. The normalized spacial score (nSPS) is 13.4. The number of benzene rings is 3. The molecule has 172 valence electrons. The summed E-state index contributed by atoms with van der Waals surface area (Å²) in [5, 5.41) is 3.17. The molecule has 1 N–H and O–H groups in total. The van der Waals surface area contributed by atoms with E-state index in [4.69, 9.17) is 4.74 Å². The van der Waals surface area contributed by atoms with E-state index in [1.807, 2.05) is 68.4 Å². The average Bonchev–Trinajstić information content (AvgIpc) is 3.08. The molecule has 0 aromatic heterocycles. The van der Waals surface area contributed by atoms with E-state index in [1.165, 1.54) is 11.8 Å². The Labute approximate surface area is 202 Å². The van der Waals surface area contributed by atoms with Gasteiger partial charge in [0.25, 0.3) is 11.8 Å². The Bertz CT molecular complexity index is 1270. The zero-order chi connectivity index (χ0) is 24.1. The Kier molecular flexibility index (Phi) is 7.13. The summed E-state index contributed by atoms with van der Waals surface area (Å²) in [7, 11) is 0. The molecule has 0 saturated heterocycles. The van der Waals surface area contributed by atoms with E-state index in [9.17, 15) is 14.4 Å². The first-order valence-electron chi connectivity index (χ1n) is 11.0. The third-order valence-electron chi connectivity index (χ3n) is 5.21. The van der Waals surface area contributed by atoms with Crippen molar-refractivity contribution >= 4 is 40.9 Å². The van der Waals surface area contributed by atoms with Gasteiger partial charge in [-0.15, -0.1) is 0 Å². The molecule has 1 aliphatic rings. The highest BCUT2D eigenvalue weighted by Crippen LogP contribution is 2.39. The van der Waals surface area contributed by atoms with Crippen molar-refractivity contribution < 1.29 is 19.1 Å². The van der Waals surface area contributed by atoms with E-state index >= 15 is 0 Å². The van der Waals surface area contributed by atoms with Gasteiger partial charge in [0.15, 0.2) is 0 Å². The van der Waals surface area contributed by atoms with Crippen LogP contribution in [0.4, 0.5) is 11.4 Å². The minimum atomic E-state index is -0.573. The molecule has 4 rings (SSSR count). The lowest BCUT2D eigenvalue weighted by atomic mass is 10.1. The van der Waals surface area contributed by atoms with Crippen LogP contribution >= 0.6 is 11.8 Å². The van der Waals surface area contributed by atoms with Crippen LogP contribution in [0.25, 0.3) is 0 Å². The summed E-state index contributed by atoms with van der Waals surface area (Å²) in [6, 6.07) is 23.4. The van der Waals surface area contributed by atoms with Crippen molar-refractivity contribution in [3.8, 4) is 0 Å². The Morgan fingerprint density at radius 2 is 1.59 bits per heavy atom. The highest BCUT2D eigenvalue weighted by molar-refractivity contribution is 8.04. The van der Waals surface area contributed by atoms with Gasteiger partial charge >= 0.3 is 5.97 Å². The SMILES string of the molecule is CCCOC(=O)c1ccccc1N1C(=O)C(Nc2ccccc2C)=C(Sc2ccccc2)C1=O. The van der Waals surface area contributed by atoms with Gasteiger partial charge in [-0.2, -0.15) is 0 Å².